The molecule has 0 aromatic carbocycles. The van der Waals surface area contributed by atoms with Crippen molar-refractivity contribution in [3.63, 3.8) is 0 Å². The molecule has 1 heterocycles. The lowest BCUT2D eigenvalue weighted by atomic mass is 10.1. The van der Waals surface area contributed by atoms with Gasteiger partial charge < -0.3 is 15.0 Å². The van der Waals surface area contributed by atoms with Gasteiger partial charge in [0.25, 0.3) is 0 Å². The molecule has 1 atom stereocenters. The number of nitrogens with one attached hydrogen (secondary N) is 1. The Labute approximate surface area is 113 Å². The highest BCUT2D eigenvalue weighted by Crippen LogP contribution is 2.15. The van der Waals surface area contributed by atoms with E-state index in [2.05, 4.69) is 10.1 Å². The largest absolute Gasteiger partial charge is 0.469 e. The summed E-state index contributed by atoms with van der Waals surface area (Å²) in [5, 5.41) is 2.83. The number of rotatable bonds is 7. The summed E-state index contributed by atoms with van der Waals surface area (Å²) in [6.07, 6.45) is 3.21. The molecule has 108 valence electrons. The SMILES string of the molecule is COC(=O)CCCCCNC(=O)C1CC(=O)N(C)C1. The Kier molecular flexibility index (Phi) is 6.32. The van der Waals surface area contributed by atoms with Gasteiger partial charge in [-0.1, -0.05) is 6.42 Å². The van der Waals surface area contributed by atoms with Crippen LogP contribution < -0.4 is 5.32 Å². The average molecular weight is 270 g/mol. The zero-order valence-corrected chi connectivity index (χ0v) is 11.6. The zero-order valence-electron chi connectivity index (χ0n) is 11.6. The van der Waals surface area contributed by atoms with Crippen molar-refractivity contribution < 1.29 is 19.1 Å². The van der Waals surface area contributed by atoms with E-state index in [1.165, 1.54) is 7.11 Å². The third-order valence-corrected chi connectivity index (χ3v) is 3.30. The summed E-state index contributed by atoms with van der Waals surface area (Å²) in [5.41, 5.74) is 0. The molecule has 6 heteroatoms. The summed E-state index contributed by atoms with van der Waals surface area (Å²) in [7, 11) is 3.09. The number of carbonyl (C=O) groups is 3. The van der Waals surface area contributed by atoms with Gasteiger partial charge in [-0.15, -0.1) is 0 Å². The average Bonchev–Trinajstić information content (AvgIpc) is 2.73. The Hall–Kier alpha value is -1.59. The van der Waals surface area contributed by atoms with Gasteiger partial charge in [0.15, 0.2) is 0 Å². The molecule has 1 N–H and O–H groups in total. The summed E-state index contributed by atoms with van der Waals surface area (Å²) in [4.78, 5) is 35.5. The molecule has 0 aliphatic carbocycles. The summed E-state index contributed by atoms with van der Waals surface area (Å²) in [6, 6.07) is 0. The molecule has 1 aliphatic heterocycles. The fourth-order valence-corrected chi connectivity index (χ4v) is 2.07. The second-order valence-electron chi connectivity index (χ2n) is 4.85. The number of hydrogen-bond acceptors (Lipinski definition) is 4. The van der Waals surface area contributed by atoms with Crippen molar-refractivity contribution in [1.29, 1.82) is 0 Å². The Morgan fingerprint density at radius 1 is 1.37 bits per heavy atom. The van der Waals surface area contributed by atoms with Crippen molar-refractivity contribution in [2.75, 3.05) is 27.2 Å². The van der Waals surface area contributed by atoms with Crippen LogP contribution in [0.25, 0.3) is 0 Å². The first-order valence-corrected chi connectivity index (χ1v) is 6.63. The smallest absolute Gasteiger partial charge is 0.305 e. The number of esters is 1. The van der Waals surface area contributed by atoms with Crippen molar-refractivity contribution in [3.05, 3.63) is 0 Å². The zero-order chi connectivity index (χ0) is 14.3. The first kappa shape index (κ1) is 15.5. The first-order valence-electron chi connectivity index (χ1n) is 6.63. The molecule has 0 aromatic rings. The molecule has 0 bridgehead atoms. The van der Waals surface area contributed by atoms with Crippen LogP contribution in [-0.2, 0) is 19.1 Å². The van der Waals surface area contributed by atoms with Gasteiger partial charge in [0, 0.05) is 33.0 Å². The van der Waals surface area contributed by atoms with Crippen LogP contribution in [0, 0.1) is 5.92 Å². The molecular formula is C13H22N2O4. The number of unbranched alkanes of at least 4 members (excludes halogenated alkanes) is 2. The molecule has 2 amide bonds. The molecule has 0 saturated carbocycles. The third-order valence-electron chi connectivity index (χ3n) is 3.30. The standard InChI is InChI=1S/C13H22N2O4/c1-15-9-10(8-11(15)16)13(18)14-7-5-3-4-6-12(17)19-2/h10H,3-9H2,1-2H3,(H,14,18). The highest BCUT2D eigenvalue weighted by Gasteiger charge is 2.31. The van der Waals surface area contributed by atoms with Crippen molar-refractivity contribution in [2.24, 2.45) is 5.92 Å². The van der Waals surface area contributed by atoms with Gasteiger partial charge in [-0.2, -0.15) is 0 Å². The number of ether oxygens (including phenoxy) is 1. The molecule has 1 aliphatic rings. The number of methoxy groups -OCH3 is 1. The molecule has 0 spiro atoms. The van der Waals surface area contributed by atoms with E-state index in [1.54, 1.807) is 11.9 Å². The lowest BCUT2D eigenvalue weighted by molar-refractivity contribution is -0.140. The molecule has 0 aromatic heterocycles. The second-order valence-corrected chi connectivity index (χ2v) is 4.85. The number of hydrogen-bond donors (Lipinski definition) is 1. The molecule has 1 rings (SSSR count). The van der Waals surface area contributed by atoms with Crippen LogP contribution >= 0.6 is 0 Å². The van der Waals surface area contributed by atoms with E-state index in [9.17, 15) is 14.4 Å². The van der Waals surface area contributed by atoms with E-state index >= 15 is 0 Å². The van der Waals surface area contributed by atoms with Crippen LogP contribution in [0.5, 0.6) is 0 Å². The van der Waals surface area contributed by atoms with E-state index in [4.69, 9.17) is 0 Å². The minimum atomic E-state index is -0.215. The highest BCUT2D eigenvalue weighted by atomic mass is 16.5. The lowest BCUT2D eigenvalue weighted by Gasteiger charge is -2.10. The highest BCUT2D eigenvalue weighted by molar-refractivity contribution is 5.89. The third kappa shape index (κ3) is 5.28. The lowest BCUT2D eigenvalue weighted by Crippen LogP contribution is -2.32. The fraction of sp³-hybridized carbons (Fsp3) is 0.769. The van der Waals surface area contributed by atoms with Crippen LogP contribution in [0.15, 0.2) is 0 Å². The van der Waals surface area contributed by atoms with E-state index < -0.39 is 0 Å². The summed E-state index contributed by atoms with van der Waals surface area (Å²) < 4.78 is 4.54. The van der Waals surface area contributed by atoms with E-state index in [0.29, 0.717) is 25.9 Å². The predicted octanol–water partition coefficient (Wildman–Crippen LogP) is 0.314. The molecule has 0 radical (unpaired) electrons. The number of carbonyl (C=O) groups excluding carboxylic acids is 3. The van der Waals surface area contributed by atoms with Gasteiger partial charge in [-0.3, -0.25) is 14.4 Å². The summed E-state index contributed by atoms with van der Waals surface area (Å²) in [5.74, 6) is -0.437. The summed E-state index contributed by atoms with van der Waals surface area (Å²) in [6.45, 7) is 1.10. The molecular weight excluding hydrogens is 248 g/mol. The number of nitrogens with zero attached hydrogens (tertiary/aromatic N) is 1. The fourth-order valence-electron chi connectivity index (χ4n) is 2.07. The number of likely N-dealkylation sites (tertiary alicyclic amines) is 1. The first-order chi connectivity index (χ1) is 9.04. The maximum atomic E-state index is 11.8. The van der Waals surface area contributed by atoms with Crippen LogP contribution in [0.4, 0.5) is 0 Å². The van der Waals surface area contributed by atoms with E-state index in [-0.39, 0.29) is 23.7 Å². The second kappa shape index (κ2) is 7.76. The van der Waals surface area contributed by atoms with Crippen molar-refractivity contribution >= 4 is 17.8 Å². The van der Waals surface area contributed by atoms with Gasteiger partial charge >= 0.3 is 5.97 Å². The maximum absolute atomic E-state index is 11.8. The predicted molar refractivity (Wildman–Crippen MR) is 69.2 cm³/mol. The van der Waals surface area contributed by atoms with Gasteiger partial charge in [0.2, 0.25) is 11.8 Å². The minimum Gasteiger partial charge on any atom is -0.469 e. The molecule has 1 fully saturated rings. The van der Waals surface area contributed by atoms with Crippen molar-refractivity contribution in [1.82, 2.24) is 10.2 Å². The van der Waals surface area contributed by atoms with Crippen LogP contribution in [-0.4, -0.2) is 49.9 Å². The van der Waals surface area contributed by atoms with Gasteiger partial charge in [-0.25, -0.2) is 0 Å². The minimum absolute atomic E-state index is 0.0261. The van der Waals surface area contributed by atoms with Crippen molar-refractivity contribution in [3.8, 4) is 0 Å². The molecule has 1 saturated heterocycles. The normalized spacial score (nSPS) is 18.5. The Morgan fingerprint density at radius 2 is 2.11 bits per heavy atom. The Bertz CT molecular complexity index is 344. The van der Waals surface area contributed by atoms with Crippen LogP contribution in [0.2, 0.25) is 0 Å². The van der Waals surface area contributed by atoms with Gasteiger partial charge in [0.1, 0.15) is 0 Å². The molecule has 6 nitrogen and oxygen atoms in total. The van der Waals surface area contributed by atoms with Crippen LogP contribution in [0.3, 0.4) is 0 Å². The van der Waals surface area contributed by atoms with E-state index in [0.717, 1.165) is 19.3 Å². The quantitative estimate of drug-likeness (QED) is 0.534. The molecule has 1 unspecified atom stereocenters. The van der Waals surface area contributed by atoms with E-state index in [1.807, 2.05) is 0 Å². The monoisotopic (exact) mass is 270 g/mol. The van der Waals surface area contributed by atoms with Crippen molar-refractivity contribution in [2.45, 2.75) is 32.1 Å². The Morgan fingerprint density at radius 3 is 2.68 bits per heavy atom. The summed E-state index contributed by atoms with van der Waals surface area (Å²) >= 11 is 0. The Balaban J connectivity index is 2.05. The topological polar surface area (TPSA) is 75.7 Å². The van der Waals surface area contributed by atoms with Crippen LogP contribution in [0.1, 0.15) is 32.1 Å². The molecule has 19 heavy (non-hydrogen) atoms. The van der Waals surface area contributed by atoms with Gasteiger partial charge in [0.05, 0.1) is 13.0 Å². The maximum Gasteiger partial charge on any atom is 0.305 e. The van der Waals surface area contributed by atoms with Gasteiger partial charge in [-0.05, 0) is 12.8 Å². The number of amides is 2.